The van der Waals surface area contributed by atoms with Gasteiger partial charge in [0.25, 0.3) is 5.91 Å². The molecule has 0 aliphatic carbocycles. The number of hydrogen-bond acceptors (Lipinski definition) is 4. The average molecular weight is 188 g/mol. The third-order valence-electron chi connectivity index (χ3n) is 1.02. The normalized spacial score (nSPS) is 9.00. The number of thiol groups is 1. The van der Waals surface area contributed by atoms with Gasteiger partial charge in [0.15, 0.2) is 0 Å². The third-order valence-corrected chi connectivity index (χ3v) is 1.24. The largest absolute Gasteiger partial charge is 0.378 e. The average Bonchev–Trinajstić information content (AvgIpc) is 2.10. The van der Waals surface area contributed by atoms with Crippen LogP contribution in [0.5, 0.6) is 0 Å². The second-order valence-electron chi connectivity index (χ2n) is 1.92. The Morgan fingerprint density at radius 3 is 2.75 bits per heavy atom. The molecule has 1 amide bonds. The zero-order valence-electron chi connectivity index (χ0n) is 6.67. The molecule has 2 N–H and O–H groups in total. The van der Waals surface area contributed by atoms with Gasteiger partial charge in [-0.05, 0) is 5.92 Å². The van der Waals surface area contributed by atoms with Gasteiger partial charge >= 0.3 is 0 Å². The van der Waals surface area contributed by atoms with E-state index in [-0.39, 0.29) is 0 Å². The summed E-state index contributed by atoms with van der Waals surface area (Å²) >= 11 is 3.77. The molecule has 0 unspecified atom stereocenters. The summed E-state index contributed by atoms with van der Waals surface area (Å²) in [4.78, 5) is 10.5. The highest BCUT2D eigenvalue weighted by atomic mass is 32.1. The van der Waals surface area contributed by atoms with Crippen molar-refractivity contribution in [2.75, 3.05) is 26.3 Å². The molecule has 0 radical (unpaired) electrons. The molecular weight excluding hydrogens is 176 g/mol. The molecule has 0 aliphatic heterocycles. The first-order chi connectivity index (χ1) is 5.81. The van der Waals surface area contributed by atoms with Crippen molar-refractivity contribution in [3.63, 3.8) is 0 Å². The van der Waals surface area contributed by atoms with Crippen LogP contribution < -0.4 is 10.0 Å². The van der Waals surface area contributed by atoms with Crippen molar-refractivity contribution in [1.82, 2.24) is 10.0 Å². The van der Waals surface area contributed by atoms with Crippen molar-refractivity contribution >= 4 is 18.7 Å². The quantitative estimate of drug-likeness (QED) is 0.290. The number of hydrogen-bond donors (Lipinski definition) is 3. The lowest BCUT2D eigenvalue weighted by Crippen LogP contribution is -2.26. The number of amides is 1. The Kier molecular flexibility index (Phi) is 7.91. The maximum atomic E-state index is 10.5. The highest BCUT2D eigenvalue weighted by Crippen LogP contribution is 1.72. The third kappa shape index (κ3) is 7.41. The van der Waals surface area contributed by atoms with E-state index >= 15 is 0 Å². The standard InChI is InChI=1S/C7H12N2O2S/c1-2-7(10)8-3-5-11-6-4-9-12/h1,9,12H,3-6H2,(H,8,10). The Morgan fingerprint density at radius 2 is 2.17 bits per heavy atom. The molecular formula is C7H12N2O2S. The molecule has 68 valence electrons. The van der Waals surface area contributed by atoms with Gasteiger partial charge in [-0.15, -0.1) is 6.42 Å². The Bertz CT molecular complexity index is 167. The lowest BCUT2D eigenvalue weighted by molar-refractivity contribution is -0.115. The monoisotopic (exact) mass is 188 g/mol. The number of carbonyl (C=O) groups is 1. The van der Waals surface area contributed by atoms with Crippen LogP contribution in [0.4, 0.5) is 0 Å². The van der Waals surface area contributed by atoms with E-state index in [0.717, 1.165) is 0 Å². The van der Waals surface area contributed by atoms with Crippen LogP contribution in [0.2, 0.25) is 0 Å². The molecule has 0 aromatic carbocycles. The van der Waals surface area contributed by atoms with Crippen LogP contribution >= 0.6 is 12.8 Å². The summed E-state index contributed by atoms with van der Waals surface area (Å²) in [5.41, 5.74) is 0. The lowest BCUT2D eigenvalue weighted by atomic mass is 10.6. The second kappa shape index (κ2) is 8.40. The fraction of sp³-hybridized carbons (Fsp3) is 0.571. The van der Waals surface area contributed by atoms with Crippen LogP contribution in [0, 0.1) is 12.3 Å². The first-order valence-electron chi connectivity index (χ1n) is 3.50. The molecule has 0 saturated carbocycles. The predicted octanol–water partition coefficient (Wildman–Crippen LogP) is -0.813. The van der Waals surface area contributed by atoms with Crippen molar-refractivity contribution < 1.29 is 9.53 Å². The minimum absolute atomic E-state index is 0.411. The first-order valence-corrected chi connectivity index (χ1v) is 3.95. The Labute approximate surface area is 77.6 Å². The SMILES string of the molecule is C#CC(=O)NCCOCCNS. The van der Waals surface area contributed by atoms with Crippen LogP contribution in [-0.2, 0) is 9.53 Å². The number of nitrogens with one attached hydrogen (secondary N) is 2. The van der Waals surface area contributed by atoms with E-state index in [0.29, 0.717) is 26.3 Å². The van der Waals surface area contributed by atoms with E-state index < -0.39 is 5.91 Å². The molecule has 0 saturated heterocycles. The highest BCUT2D eigenvalue weighted by molar-refractivity contribution is 7.78. The molecule has 0 atom stereocenters. The molecule has 0 bridgehead atoms. The summed E-state index contributed by atoms with van der Waals surface area (Å²) in [5.74, 6) is 1.53. The van der Waals surface area contributed by atoms with Crippen molar-refractivity contribution in [2.24, 2.45) is 0 Å². The minimum atomic E-state index is -0.411. The van der Waals surface area contributed by atoms with Gasteiger partial charge in [0.1, 0.15) is 0 Å². The summed E-state index contributed by atoms with van der Waals surface area (Å²) in [6.07, 6.45) is 4.81. The van der Waals surface area contributed by atoms with Crippen LogP contribution in [0.1, 0.15) is 0 Å². The number of ether oxygens (including phenoxy) is 1. The van der Waals surface area contributed by atoms with Crippen molar-refractivity contribution in [3.8, 4) is 12.3 Å². The van der Waals surface area contributed by atoms with Gasteiger partial charge in [-0.1, -0.05) is 12.8 Å². The molecule has 0 aromatic heterocycles. The van der Waals surface area contributed by atoms with Crippen LogP contribution in [0.15, 0.2) is 0 Å². The number of terminal acetylenes is 1. The zero-order valence-corrected chi connectivity index (χ0v) is 7.56. The maximum Gasteiger partial charge on any atom is 0.295 e. The molecule has 0 aromatic rings. The topological polar surface area (TPSA) is 50.4 Å². The van der Waals surface area contributed by atoms with E-state index in [4.69, 9.17) is 11.2 Å². The fourth-order valence-corrected chi connectivity index (χ4v) is 0.599. The summed E-state index contributed by atoms with van der Waals surface area (Å²) < 4.78 is 7.70. The first kappa shape index (κ1) is 11.3. The highest BCUT2D eigenvalue weighted by Gasteiger charge is 1.92. The molecule has 12 heavy (non-hydrogen) atoms. The number of carbonyl (C=O) groups excluding carboxylic acids is 1. The molecule has 0 rings (SSSR count). The smallest absolute Gasteiger partial charge is 0.295 e. The van der Waals surface area contributed by atoms with Gasteiger partial charge in [-0.3, -0.25) is 9.52 Å². The van der Waals surface area contributed by atoms with E-state index in [1.807, 2.05) is 5.92 Å². The van der Waals surface area contributed by atoms with Gasteiger partial charge in [-0.25, -0.2) is 0 Å². The zero-order chi connectivity index (χ0) is 9.23. The Hall–Kier alpha value is -0.700. The minimum Gasteiger partial charge on any atom is -0.378 e. The fourth-order valence-electron chi connectivity index (χ4n) is 0.508. The summed E-state index contributed by atoms with van der Waals surface area (Å²) in [5, 5.41) is 2.47. The van der Waals surface area contributed by atoms with E-state index in [1.54, 1.807) is 0 Å². The molecule has 0 spiro atoms. The van der Waals surface area contributed by atoms with E-state index in [9.17, 15) is 4.79 Å². The second-order valence-corrected chi connectivity index (χ2v) is 2.24. The van der Waals surface area contributed by atoms with E-state index in [1.165, 1.54) is 0 Å². The van der Waals surface area contributed by atoms with Crippen molar-refractivity contribution in [2.45, 2.75) is 0 Å². The summed E-state index contributed by atoms with van der Waals surface area (Å²) in [6, 6.07) is 0. The van der Waals surface area contributed by atoms with Gasteiger partial charge in [0, 0.05) is 13.1 Å². The van der Waals surface area contributed by atoms with Gasteiger partial charge in [0.2, 0.25) is 0 Å². The summed E-state index contributed by atoms with van der Waals surface area (Å²) in [6.45, 7) is 2.14. The lowest BCUT2D eigenvalue weighted by Gasteiger charge is -2.02. The van der Waals surface area contributed by atoms with Crippen LogP contribution in [-0.4, -0.2) is 32.2 Å². The summed E-state index contributed by atoms with van der Waals surface area (Å²) in [7, 11) is 0. The molecule has 4 nitrogen and oxygen atoms in total. The predicted molar refractivity (Wildman–Crippen MR) is 49.7 cm³/mol. The Morgan fingerprint density at radius 1 is 1.50 bits per heavy atom. The molecule has 5 heteroatoms. The van der Waals surface area contributed by atoms with Crippen LogP contribution in [0.3, 0.4) is 0 Å². The van der Waals surface area contributed by atoms with Crippen LogP contribution in [0.25, 0.3) is 0 Å². The van der Waals surface area contributed by atoms with Gasteiger partial charge in [-0.2, -0.15) is 0 Å². The maximum absolute atomic E-state index is 10.5. The van der Waals surface area contributed by atoms with E-state index in [2.05, 4.69) is 22.9 Å². The molecule has 0 fully saturated rings. The molecule has 0 aliphatic rings. The number of rotatable bonds is 6. The molecule has 0 heterocycles. The van der Waals surface area contributed by atoms with Crippen molar-refractivity contribution in [3.05, 3.63) is 0 Å². The van der Waals surface area contributed by atoms with Crippen molar-refractivity contribution in [1.29, 1.82) is 0 Å². The van der Waals surface area contributed by atoms with Gasteiger partial charge in [0.05, 0.1) is 13.2 Å². The van der Waals surface area contributed by atoms with Gasteiger partial charge < -0.3 is 10.1 Å². The Balaban J connectivity index is 3.02.